The highest BCUT2D eigenvalue weighted by Crippen LogP contribution is 2.19. The van der Waals surface area contributed by atoms with Gasteiger partial charge >= 0.3 is 0 Å². The molecule has 2 rings (SSSR count). The second-order valence-corrected chi connectivity index (χ2v) is 4.14. The molecule has 0 amide bonds. The van der Waals surface area contributed by atoms with Crippen molar-refractivity contribution in [2.45, 2.75) is 26.4 Å². The van der Waals surface area contributed by atoms with Crippen molar-refractivity contribution < 1.29 is 8.78 Å². The number of para-hydroxylation sites is 1. The highest BCUT2D eigenvalue weighted by Gasteiger charge is 2.08. The second-order valence-electron chi connectivity index (χ2n) is 4.14. The molecule has 18 heavy (non-hydrogen) atoms. The summed E-state index contributed by atoms with van der Waals surface area (Å²) in [6, 6.07) is 7.73. The number of aromatic nitrogens is 1. The van der Waals surface area contributed by atoms with E-state index < -0.39 is 11.6 Å². The number of hydrogen-bond donors (Lipinski definition) is 1. The van der Waals surface area contributed by atoms with Crippen LogP contribution in [0.4, 0.5) is 14.5 Å². The van der Waals surface area contributed by atoms with Gasteiger partial charge in [0.2, 0.25) is 0 Å². The quantitative estimate of drug-likeness (QED) is 0.854. The van der Waals surface area contributed by atoms with Crippen LogP contribution >= 0.6 is 0 Å². The van der Waals surface area contributed by atoms with E-state index in [1.165, 1.54) is 18.2 Å². The molecule has 1 heterocycles. The largest absolute Gasteiger partial charge is 0.375 e. The zero-order chi connectivity index (χ0) is 13.0. The molecule has 96 valence electrons. The smallest absolute Gasteiger partial charge is 0.149 e. The predicted molar refractivity (Wildman–Crippen MR) is 68.4 cm³/mol. The van der Waals surface area contributed by atoms with E-state index in [1.807, 2.05) is 18.3 Å². The molecule has 1 aromatic heterocycles. The highest BCUT2D eigenvalue weighted by atomic mass is 19.1. The standard InChI is InChI=1S/C14H16F2N2/c1-2-8-18-9-4-5-11(18)10-17-14-12(15)6-3-7-13(14)16/h3-7,9,17H,2,8,10H2,1H3. The van der Waals surface area contributed by atoms with Gasteiger partial charge in [0.15, 0.2) is 0 Å². The molecule has 1 aromatic carbocycles. The van der Waals surface area contributed by atoms with Crippen molar-refractivity contribution in [1.29, 1.82) is 0 Å². The zero-order valence-electron chi connectivity index (χ0n) is 10.3. The van der Waals surface area contributed by atoms with E-state index in [4.69, 9.17) is 0 Å². The molecule has 1 N–H and O–H groups in total. The van der Waals surface area contributed by atoms with Crippen LogP contribution < -0.4 is 5.32 Å². The summed E-state index contributed by atoms with van der Waals surface area (Å²) in [5.41, 5.74) is 0.946. The summed E-state index contributed by atoms with van der Waals surface area (Å²) < 4.78 is 28.9. The van der Waals surface area contributed by atoms with Gasteiger partial charge in [-0.1, -0.05) is 13.0 Å². The molecule has 0 unspecified atom stereocenters. The lowest BCUT2D eigenvalue weighted by Gasteiger charge is -2.11. The van der Waals surface area contributed by atoms with Gasteiger partial charge in [0, 0.05) is 18.4 Å². The van der Waals surface area contributed by atoms with Gasteiger partial charge < -0.3 is 9.88 Å². The summed E-state index contributed by atoms with van der Waals surface area (Å²) in [5, 5.41) is 2.81. The Labute approximate surface area is 105 Å². The van der Waals surface area contributed by atoms with Gasteiger partial charge in [-0.3, -0.25) is 0 Å². The maximum Gasteiger partial charge on any atom is 0.149 e. The van der Waals surface area contributed by atoms with E-state index in [0.717, 1.165) is 18.7 Å². The van der Waals surface area contributed by atoms with Crippen molar-refractivity contribution in [1.82, 2.24) is 4.57 Å². The lowest BCUT2D eigenvalue weighted by molar-refractivity contribution is 0.586. The van der Waals surface area contributed by atoms with Crippen molar-refractivity contribution in [3.63, 3.8) is 0 Å². The first-order valence-electron chi connectivity index (χ1n) is 6.04. The van der Waals surface area contributed by atoms with Crippen LogP contribution in [0.1, 0.15) is 19.0 Å². The molecule has 0 bridgehead atoms. The first-order valence-corrected chi connectivity index (χ1v) is 6.04. The third-order valence-corrected chi connectivity index (χ3v) is 2.80. The van der Waals surface area contributed by atoms with Crippen LogP contribution in [0.5, 0.6) is 0 Å². The normalized spacial score (nSPS) is 10.6. The van der Waals surface area contributed by atoms with Crippen LogP contribution in [0.25, 0.3) is 0 Å². The Bertz CT molecular complexity index is 500. The van der Waals surface area contributed by atoms with E-state index in [9.17, 15) is 8.78 Å². The summed E-state index contributed by atoms with van der Waals surface area (Å²) in [6.07, 6.45) is 2.99. The van der Waals surface area contributed by atoms with Crippen LogP contribution in [-0.4, -0.2) is 4.57 Å². The molecule has 4 heteroatoms. The summed E-state index contributed by atoms with van der Waals surface area (Å²) in [4.78, 5) is 0. The minimum Gasteiger partial charge on any atom is -0.375 e. The molecule has 2 nitrogen and oxygen atoms in total. The van der Waals surface area contributed by atoms with Crippen LogP contribution in [0.2, 0.25) is 0 Å². The van der Waals surface area contributed by atoms with E-state index >= 15 is 0 Å². The lowest BCUT2D eigenvalue weighted by Crippen LogP contribution is -2.08. The van der Waals surface area contributed by atoms with Gasteiger partial charge in [-0.15, -0.1) is 0 Å². The van der Waals surface area contributed by atoms with E-state index in [-0.39, 0.29) is 5.69 Å². The number of aryl methyl sites for hydroxylation is 1. The molecule has 0 atom stereocenters. The van der Waals surface area contributed by atoms with Gasteiger partial charge in [-0.25, -0.2) is 8.78 Å². The van der Waals surface area contributed by atoms with Crippen LogP contribution in [0.3, 0.4) is 0 Å². The van der Waals surface area contributed by atoms with Crippen LogP contribution in [0.15, 0.2) is 36.5 Å². The van der Waals surface area contributed by atoms with Crippen molar-refractivity contribution in [3.05, 3.63) is 53.9 Å². The fourth-order valence-corrected chi connectivity index (χ4v) is 1.91. The zero-order valence-corrected chi connectivity index (χ0v) is 10.3. The van der Waals surface area contributed by atoms with Crippen LogP contribution in [0, 0.1) is 11.6 Å². The molecular formula is C14H16F2N2. The Hall–Kier alpha value is -1.84. The first-order chi connectivity index (χ1) is 8.72. The fraction of sp³-hybridized carbons (Fsp3) is 0.286. The van der Waals surface area contributed by atoms with Gasteiger partial charge in [0.25, 0.3) is 0 Å². The molecular weight excluding hydrogens is 234 g/mol. The Morgan fingerprint density at radius 1 is 1.11 bits per heavy atom. The molecule has 0 aliphatic heterocycles. The van der Waals surface area contributed by atoms with Crippen LogP contribution in [-0.2, 0) is 13.1 Å². The maximum atomic E-state index is 13.4. The molecule has 0 aliphatic carbocycles. The molecule has 0 aliphatic rings. The summed E-state index contributed by atoms with van der Waals surface area (Å²) in [6.45, 7) is 3.41. The van der Waals surface area contributed by atoms with E-state index in [0.29, 0.717) is 6.54 Å². The molecule has 0 fully saturated rings. The van der Waals surface area contributed by atoms with E-state index in [1.54, 1.807) is 0 Å². The van der Waals surface area contributed by atoms with Gasteiger partial charge in [0.1, 0.15) is 17.3 Å². The van der Waals surface area contributed by atoms with Crippen molar-refractivity contribution in [3.8, 4) is 0 Å². The number of anilines is 1. The Balaban J connectivity index is 2.09. The minimum atomic E-state index is -0.566. The topological polar surface area (TPSA) is 17.0 Å². The fourth-order valence-electron chi connectivity index (χ4n) is 1.91. The number of benzene rings is 1. The number of rotatable bonds is 5. The molecule has 0 saturated heterocycles. The molecule has 0 saturated carbocycles. The Kier molecular flexibility index (Phi) is 3.97. The maximum absolute atomic E-state index is 13.4. The monoisotopic (exact) mass is 250 g/mol. The molecule has 0 radical (unpaired) electrons. The van der Waals surface area contributed by atoms with E-state index in [2.05, 4.69) is 16.8 Å². The predicted octanol–water partition coefficient (Wildman–Crippen LogP) is 3.79. The number of halogens is 2. The Morgan fingerprint density at radius 3 is 2.50 bits per heavy atom. The first kappa shape index (κ1) is 12.6. The average Bonchev–Trinajstić information content (AvgIpc) is 2.77. The number of hydrogen-bond acceptors (Lipinski definition) is 1. The second kappa shape index (κ2) is 5.67. The molecule has 0 spiro atoms. The summed E-state index contributed by atoms with van der Waals surface area (Å²) >= 11 is 0. The number of nitrogens with zero attached hydrogens (tertiary/aromatic N) is 1. The summed E-state index contributed by atoms with van der Waals surface area (Å²) in [7, 11) is 0. The van der Waals surface area contributed by atoms with Gasteiger partial charge in [-0.05, 0) is 30.7 Å². The van der Waals surface area contributed by atoms with Crippen molar-refractivity contribution in [2.24, 2.45) is 0 Å². The van der Waals surface area contributed by atoms with Crippen molar-refractivity contribution >= 4 is 5.69 Å². The Morgan fingerprint density at radius 2 is 1.83 bits per heavy atom. The average molecular weight is 250 g/mol. The van der Waals surface area contributed by atoms with Gasteiger partial charge in [0.05, 0.1) is 6.54 Å². The minimum absolute atomic E-state index is 0.0678. The SMILES string of the molecule is CCCn1cccc1CNc1c(F)cccc1F. The lowest BCUT2D eigenvalue weighted by atomic mass is 10.3. The summed E-state index contributed by atoms with van der Waals surface area (Å²) in [5.74, 6) is -1.13. The number of nitrogens with one attached hydrogen (secondary N) is 1. The van der Waals surface area contributed by atoms with Crippen molar-refractivity contribution in [2.75, 3.05) is 5.32 Å². The highest BCUT2D eigenvalue weighted by molar-refractivity contribution is 5.46. The third kappa shape index (κ3) is 2.70. The third-order valence-electron chi connectivity index (χ3n) is 2.80. The molecule has 2 aromatic rings. The van der Waals surface area contributed by atoms with Gasteiger partial charge in [-0.2, -0.15) is 0 Å².